The van der Waals surface area contributed by atoms with Crippen LogP contribution < -0.4 is 0 Å². The zero-order valence-electron chi connectivity index (χ0n) is 13.5. The molecule has 0 aliphatic heterocycles. The number of hydrogen-bond donors (Lipinski definition) is 0. The third-order valence-corrected chi connectivity index (χ3v) is 7.47. The van der Waals surface area contributed by atoms with E-state index in [0.717, 1.165) is 36.6 Å². The van der Waals surface area contributed by atoms with Gasteiger partial charge in [-0.3, -0.25) is 0 Å². The number of aromatic nitrogens is 2. The Morgan fingerprint density at radius 1 is 1.13 bits per heavy atom. The van der Waals surface area contributed by atoms with Crippen molar-refractivity contribution in [3.05, 3.63) is 22.2 Å². The molecular formula is C13H20ClN3O4S2. The first-order chi connectivity index (χ1) is 10.3. The summed E-state index contributed by atoms with van der Waals surface area (Å²) in [6.07, 6.45) is 4.03. The van der Waals surface area contributed by atoms with Crippen LogP contribution in [0.1, 0.15) is 37.4 Å². The van der Waals surface area contributed by atoms with E-state index in [2.05, 4.69) is 23.8 Å². The summed E-state index contributed by atoms with van der Waals surface area (Å²) >= 11 is 6.22. The highest BCUT2D eigenvalue weighted by molar-refractivity contribution is 8.03. The van der Waals surface area contributed by atoms with Crippen molar-refractivity contribution >= 4 is 31.6 Å². The molecule has 2 rings (SSSR count). The third-order valence-electron chi connectivity index (χ3n) is 3.79. The quantitative estimate of drug-likeness (QED) is 0.730. The first-order valence-corrected chi connectivity index (χ1v) is 11.1. The Balaban J connectivity index is 2.41. The van der Waals surface area contributed by atoms with Gasteiger partial charge in [-0.05, 0) is 24.7 Å². The van der Waals surface area contributed by atoms with Gasteiger partial charge in [-0.15, -0.1) is 0 Å². The molecule has 0 saturated carbocycles. The second-order valence-electron chi connectivity index (χ2n) is 6.65. The Morgan fingerprint density at radius 3 is 2.22 bits per heavy atom. The number of rotatable bonds is 4. The van der Waals surface area contributed by atoms with E-state index in [-0.39, 0.29) is 16.4 Å². The zero-order chi connectivity index (χ0) is 17.6. The van der Waals surface area contributed by atoms with Crippen LogP contribution >= 0.6 is 11.6 Å². The highest BCUT2D eigenvalue weighted by Crippen LogP contribution is 2.36. The second kappa shape index (κ2) is 5.94. The molecule has 0 aromatic carbocycles. The highest BCUT2D eigenvalue weighted by atomic mass is 35.5. The van der Waals surface area contributed by atoms with Crippen molar-refractivity contribution in [1.82, 2.24) is 13.7 Å². The summed E-state index contributed by atoms with van der Waals surface area (Å²) in [5.41, 5.74) is 1.73. The Labute approximate surface area is 142 Å². The Morgan fingerprint density at radius 2 is 1.70 bits per heavy atom. The fourth-order valence-electron chi connectivity index (χ4n) is 2.62. The predicted molar refractivity (Wildman–Crippen MR) is 88.1 cm³/mol. The largest absolute Gasteiger partial charge is 0.236 e. The minimum Gasteiger partial charge on any atom is -0.236 e. The summed E-state index contributed by atoms with van der Waals surface area (Å²) in [7, 11) is -7.90. The molecule has 1 aromatic heterocycles. The predicted octanol–water partition coefficient (Wildman–Crippen LogP) is 1.37. The molecule has 1 aromatic rings. The van der Waals surface area contributed by atoms with Crippen molar-refractivity contribution < 1.29 is 16.8 Å². The maximum atomic E-state index is 11.7. The first kappa shape index (κ1) is 18.6. The van der Waals surface area contributed by atoms with Crippen LogP contribution in [-0.4, -0.2) is 43.0 Å². The van der Waals surface area contributed by atoms with E-state index in [1.165, 1.54) is 0 Å². The van der Waals surface area contributed by atoms with Gasteiger partial charge in [-0.1, -0.05) is 29.2 Å². The highest BCUT2D eigenvalue weighted by Gasteiger charge is 2.31. The van der Waals surface area contributed by atoms with Gasteiger partial charge in [0.25, 0.3) is 0 Å². The lowest BCUT2D eigenvalue weighted by atomic mass is 9.76. The fraction of sp³-hybridized carbons (Fsp3) is 0.692. The van der Waals surface area contributed by atoms with Crippen LogP contribution in [-0.2, 0) is 39.4 Å². The topological polar surface area (TPSA) is 97.3 Å². The Kier molecular flexibility index (Phi) is 4.80. The Hall–Kier alpha value is -0.770. The van der Waals surface area contributed by atoms with Crippen molar-refractivity contribution in [1.29, 1.82) is 0 Å². The molecule has 0 atom stereocenters. The van der Waals surface area contributed by atoms with Crippen molar-refractivity contribution in [2.45, 2.75) is 39.7 Å². The van der Waals surface area contributed by atoms with Crippen LogP contribution in [0.25, 0.3) is 0 Å². The van der Waals surface area contributed by atoms with Gasteiger partial charge in [-0.25, -0.2) is 26.8 Å². The number of aryl methyl sites for hydroxylation is 1. The van der Waals surface area contributed by atoms with Gasteiger partial charge in [0.1, 0.15) is 11.0 Å². The molecule has 0 saturated heterocycles. The Bertz CT molecular complexity index is 803. The summed E-state index contributed by atoms with van der Waals surface area (Å²) in [4.78, 5) is 8.44. The molecule has 23 heavy (non-hydrogen) atoms. The minimum atomic E-state index is -3.95. The van der Waals surface area contributed by atoms with Gasteiger partial charge in [-0.2, -0.15) is 0 Å². The van der Waals surface area contributed by atoms with Crippen molar-refractivity contribution in [2.75, 3.05) is 12.5 Å². The van der Waals surface area contributed by atoms with Crippen molar-refractivity contribution in [2.24, 2.45) is 5.41 Å². The summed E-state index contributed by atoms with van der Waals surface area (Å²) in [6, 6.07) is 0. The zero-order valence-corrected chi connectivity index (χ0v) is 15.9. The fourth-order valence-corrected chi connectivity index (χ4v) is 5.56. The van der Waals surface area contributed by atoms with E-state index >= 15 is 0 Å². The molecule has 0 radical (unpaired) electrons. The number of fused-ring (bicyclic) bond motifs is 1. The summed E-state index contributed by atoms with van der Waals surface area (Å²) in [6.45, 7) is 3.82. The normalized spacial score (nSPS) is 18.0. The van der Waals surface area contributed by atoms with Crippen LogP contribution in [0.15, 0.2) is 0 Å². The van der Waals surface area contributed by atoms with Gasteiger partial charge in [0.15, 0.2) is 0 Å². The number of halogens is 1. The van der Waals surface area contributed by atoms with E-state index in [1.807, 2.05) is 0 Å². The molecule has 1 aliphatic carbocycles. The SMILES string of the molecule is CC1(C)CCc2nc(CN(S(C)(=O)=O)S(C)(=O)=O)nc(Cl)c2C1. The monoisotopic (exact) mass is 381 g/mol. The van der Waals surface area contributed by atoms with E-state index < -0.39 is 26.6 Å². The van der Waals surface area contributed by atoms with Gasteiger partial charge in [0, 0.05) is 11.3 Å². The van der Waals surface area contributed by atoms with Gasteiger partial charge in [0.05, 0.1) is 19.1 Å². The lowest BCUT2D eigenvalue weighted by Gasteiger charge is -2.31. The van der Waals surface area contributed by atoms with Crippen molar-refractivity contribution in [3.8, 4) is 0 Å². The van der Waals surface area contributed by atoms with E-state index in [1.54, 1.807) is 0 Å². The molecule has 1 heterocycles. The van der Waals surface area contributed by atoms with Crippen LogP contribution in [0, 0.1) is 5.41 Å². The van der Waals surface area contributed by atoms with Gasteiger partial charge >= 0.3 is 0 Å². The number of hydrogen-bond acceptors (Lipinski definition) is 6. The standard InChI is InChI=1S/C13H20ClN3O4S2/c1-13(2)6-5-10-9(7-13)12(14)16-11(15-10)8-17(22(3,18)19)23(4,20)21/h5-8H2,1-4H3. The lowest BCUT2D eigenvalue weighted by Crippen LogP contribution is -2.35. The smallest absolute Gasteiger partial charge is 0.224 e. The molecular weight excluding hydrogens is 362 g/mol. The molecule has 0 spiro atoms. The summed E-state index contributed by atoms with van der Waals surface area (Å²) in [5, 5.41) is 0.264. The van der Waals surface area contributed by atoms with Crippen LogP contribution in [0.3, 0.4) is 0 Å². The first-order valence-electron chi connectivity index (χ1n) is 7.02. The van der Waals surface area contributed by atoms with Gasteiger partial charge < -0.3 is 0 Å². The lowest BCUT2D eigenvalue weighted by molar-refractivity contribution is 0.311. The number of nitrogens with zero attached hydrogens (tertiary/aromatic N) is 3. The minimum absolute atomic E-state index is 0.0873. The van der Waals surface area contributed by atoms with Crippen LogP contribution in [0.2, 0.25) is 5.15 Å². The van der Waals surface area contributed by atoms with Crippen LogP contribution in [0.4, 0.5) is 0 Å². The molecule has 0 unspecified atom stereocenters. The summed E-state index contributed by atoms with van der Waals surface area (Å²) in [5.74, 6) is 0.0873. The van der Waals surface area contributed by atoms with Crippen LogP contribution in [0.5, 0.6) is 0 Å². The second-order valence-corrected chi connectivity index (χ2v) is 11.1. The molecule has 130 valence electrons. The third kappa shape index (κ3) is 4.40. The maximum Gasteiger partial charge on any atom is 0.224 e. The van der Waals surface area contributed by atoms with Crippen molar-refractivity contribution in [3.63, 3.8) is 0 Å². The molecule has 0 fully saturated rings. The maximum absolute atomic E-state index is 11.7. The number of sulfonamides is 2. The molecule has 0 amide bonds. The molecule has 0 bridgehead atoms. The molecule has 0 N–H and O–H groups in total. The van der Waals surface area contributed by atoms with E-state index in [4.69, 9.17) is 11.6 Å². The average Bonchev–Trinajstić information content (AvgIpc) is 2.34. The molecule has 1 aliphatic rings. The average molecular weight is 382 g/mol. The van der Waals surface area contributed by atoms with Gasteiger partial charge in [0.2, 0.25) is 20.0 Å². The van der Waals surface area contributed by atoms with E-state index in [0.29, 0.717) is 10.1 Å². The van der Waals surface area contributed by atoms with E-state index in [9.17, 15) is 16.8 Å². The summed E-state index contributed by atoms with van der Waals surface area (Å²) < 4.78 is 47.2. The molecule has 7 nitrogen and oxygen atoms in total. The molecule has 10 heteroatoms.